The molecule has 58 valence electrons. The first-order valence-electron chi connectivity index (χ1n) is 3.49. The second-order valence-electron chi connectivity index (χ2n) is 1.76. The predicted octanol–water partition coefficient (Wildman–Crippen LogP) is 2.21. The zero-order chi connectivity index (χ0) is 7.82. The average Bonchev–Trinajstić information content (AvgIpc) is 1.98. The molecule has 0 aliphatic rings. The van der Waals surface area contributed by atoms with Gasteiger partial charge in [0.2, 0.25) is 0 Å². The lowest BCUT2D eigenvalue weighted by molar-refractivity contribution is 0.934. The Bertz CT molecular complexity index is 121. The summed E-state index contributed by atoms with van der Waals surface area (Å²) in [4.78, 5) is 7.98. The fraction of sp³-hybridized carbons (Fsp3) is 0.714. The van der Waals surface area contributed by atoms with Gasteiger partial charge in [0.15, 0.2) is 5.17 Å². The molecule has 0 aromatic carbocycles. The van der Waals surface area contributed by atoms with Crippen molar-refractivity contribution in [2.24, 2.45) is 9.98 Å². The van der Waals surface area contributed by atoms with Crippen LogP contribution < -0.4 is 0 Å². The van der Waals surface area contributed by atoms with Crippen molar-refractivity contribution < 1.29 is 0 Å². The number of hydrogen-bond acceptors (Lipinski definition) is 2. The van der Waals surface area contributed by atoms with Gasteiger partial charge in [-0.15, -0.1) is 0 Å². The Morgan fingerprint density at radius 3 is 2.60 bits per heavy atom. The molecule has 0 saturated carbocycles. The molecule has 0 N–H and O–H groups in total. The van der Waals surface area contributed by atoms with Crippen LogP contribution >= 0.6 is 11.8 Å². The zero-order valence-corrected chi connectivity index (χ0v) is 7.45. The van der Waals surface area contributed by atoms with Crippen molar-refractivity contribution in [1.82, 2.24) is 0 Å². The van der Waals surface area contributed by atoms with E-state index in [1.165, 1.54) is 0 Å². The van der Waals surface area contributed by atoms with Crippen LogP contribution in [-0.4, -0.2) is 24.2 Å². The summed E-state index contributed by atoms with van der Waals surface area (Å²) in [6.45, 7) is 8.47. The van der Waals surface area contributed by atoms with Crippen molar-refractivity contribution in [2.45, 2.75) is 20.3 Å². The maximum absolute atomic E-state index is 4.20. The Balaban J connectivity index is 3.66. The number of amidine groups is 1. The van der Waals surface area contributed by atoms with E-state index in [1.807, 2.05) is 0 Å². The topological polar surface area (TPSA) is 24.7 Å². The Morgan fingerprint density at radius 2 is 2.20 bits per heavy atom. The van der Waals surface area contributed by atoms with Crippen molar-refractivity contribution in [3.05, 3.63) is 0 Å². The molecule has 0 rings (SSSR count). The minimum absolute atomic E-state index is 0.823. The number of hydrogen-bond donors (Lipinski definition) is 0. The van der Waals surface area contributed by atoms with Gasteiger partial charge >= 0.3 is 0 Å². The van der Waals surface area contributed by atoms with Crippen LogP contribution in [0.3, 0.4) is 0 Å². The van der Waals surface area contributed by atoms with Gasteiger partial charge in [-0.3, -0.25) is 4.99 Å². The summed E-state index contributed by atoms with van der Waals surface area (Å²) in [7, 11) is 0. The van der Waals surface area contributed by atoms with E-state index in [9.17, 15) is 0 Å². The molecule has 0 radical (unpaired) electrons. The summed E-state index contributed by atoms with van der Waals surface area (Å²) in [6.07, 6.45) is 1.07. The molecule has 0 aromatic heterocycles. The molecule has 0 amide bonds. The number of rotatable bonds is 3. The number of thioether (sulfide) groups is 1. The molecule has 0 aliphatic carbocycles. The van der Waals surface area contributed by atoms with E-state index in [1.54, 1.807) is 11.8 Å². The zero-order valence-electron chi connectivity index (χ0n) is 6.63. The minimum Gasteiger partial charge on any atom is -0.261 e. The van der Waals surface area contributed by atoms with Gasteiger partial charge in [-0.2, -0.15) is 0 Å². The molecular weight excluding hydrogens is 144 g/mol. The summed E-state index contributed by atoms with van der Waals surface area (Å²) >= 11 is 1.64. The van der Waals surface area contributed by atoms with E-state index < -0.39 is 0 Å². The molecule has 0 unspecified atom stereocenters. The maximum Gasteiger partial charge on any atom is 0.182 e. The SMILES string of the molecule is C=NC(=NCCC)SCC. The lowest BCUT2D eigenvalue weighted by Crippen LogP contribution is -1.89. The molecule has 0 heterocycles. The van der Waals surface area contributed by atoms with Crippen LogP contribution in [0.1, 0.15) is 20.3 Å². The second kappa shape index (κ2) is 6.81. The van der Waals surface area contributed by atoms with Gasteiger partial charge in [0.05, 0.1) is 0 Å². The van der Waals surface area contributed by atoms with Gasteiger partial charge in [-0.1, -0.05) is 25.6 Å². The van der Waals surface area contributed by atoms with Gasteiger partial charge in [0.25, 0.3) is 0 Å². The van der Waals surface area contributed by atoms with Crippen molar-refractivity contribution in [1.29, 1.82) is 0 Å². The highest BCUT2D eigenvalue weighted by Crippen LogP contribution is 2.03. The number of nitrogens with zero attached hydrogens (tertiary/aromatic N) is 2. The number of aliphatic imine (C=N–C) groups is 2. The molecule has 0 atom stereocenters. The predicted molar refractivity (Wildman–Crippen MR) is 50.3 cm³/mol. The van der Waals surface area contributed by atoms with Gasteiger partial charge in [0.1, 0.15) is 0 Å². The van der Waals surface area contributed by atoms with E-state index in [0.29, 0.717) is 0 Å². The normalized spacial score (nSPS) is 11.6. The molecule has 10 heavy (non-hydrogen) atoms. The molecule has 0 bridgehead atoms. The summed E-state index contributed by atoms with van der Waals surface area (Å²) in [5.41, 5.74) is 0. The van der Waals surface area contributed by atoms with Crippen molar-refractivity contribution in [3.8, 4) is 0 Å². The third kappa shape index (κ3) is 4.56. The van der Waals surface area contributed by atoms with Crippen molar-refractivity contribution in [2.75, 3.05) is 12.3 Å². The Hall–Kier alpha value is -0.310. The molecule has 0 spiro atoms. The van der Waals surface area contributed by atoms with Gasteiger partial charge in [0, 0.05) is 6.54 Å². The summed E-state index contributed by atoms with van der Waals surface area (Å²) in [6, 6.07) is 0. The molecule has 0 saturated heterocycles. The van der Waals surface area contributed by atoms with Crippen LogP contribution in [0.15, 0.2) is 9.98 Å². The van der Waals surface area contributed by atoms with E-state index in [4.69, 9.17) is 0 Å². The van der Waals surface area contributed by atoms with E-state index >= 15 is 0 Å². The first kappa shape index (κ1) is 9.69. The van der Waals surface area contributed by atoms with Gasteiger partial charge in [-0.25, -0.2) is 4.99 Å². The Kier molecular flexibility index (Phi) is 6.59. The van der Waals surface area contributed by atoms with Crippen LogP contribution in [0.5, 0.6) is 0 Å². The molecule has 2 nitrogen and oxygen atoms in total. The Morgan fingerprint density at radius 1 is 1.50 bits per heavy atom. The highest BCUT2D eigenvalue weighted by molar-refractivity contribution is 8.13. The van der Waals surface area contributed by atoms with Crippen LogP contribution in [0, 0.1) is 0 Å². The van der Waals surface area contributed by atoms with E-state index in [-0.39, 0.29) is 0 Å². The van der Waals surface area contributed by atoms with Crippen LogP contribution in [-0.2, 0) is 0 Å². The third-order valence-electron chi connectivity index (χ3n) is 0.879. The fourth-order valence-corrected chi connectivity index (χ4v) is 1.01. The molecule has 0 fully saturated rings. The highest BCUT2D eigenvalue weighted by atomic mass is 32.2. The molecule has 0 aromatic rings. The standard InChI is InChI=1S/C7H14N2S/c1-4-6-9-7(8-3)10-5-2/h3-6H2,1-2H3. The minimum atomic E-state index is 0.823. The van der Waals surface area contributed by atoms with Gasteiger partial charge < -0.3 is 0 Å². The Labute approximate surface area is 66.8 Å². The third-order valence-corrected chi connectivity index (χ3v) is 1.68. The van der Waals surface area contributed by atoms with Gasteiger partial charge in [-0.05, 0) is 18.9 Å². The summed E-state index contributed by atoms with van der Waals surface area (Å²) in [5.74, 6) is 1.02. The quantitative estimate of drug-likeness (QED) is 0.456. The summed E-state index contributed by atoms with van der Waals surface area (Å²) < 4.78 is 0. The lowest BCUT2D eigenvalue weighted by atomic mass is 10.5. The second-order valence-corrected chi connectivity index (χ2v) is 2.99. The van der Waals surface area contributed by atoms with Crippen molar-refractivity contribution >= 4 is 23.6 Å². The van der Waals surface area contributed by atoms with E-state index in [0.717, 1.165) is 23.9 Å². The first-order chi connectivity index (χ1) is 4.85. The lowest BCUT2D eigenvalue weighted by Gasteiger charge is -1.94. The molecule has 0 aliphatic heterocycles. The maximum atomic E-state index is 4.20. The highest BCUT2D eigenvalue weighted by Gasteiger charge is 1.90. The van der Waals surface area contributed by atoms with Crippen LogP contribution in [0.4, 0.5) is 0 Å². The largest absolute Gasteiger partial charge is 0.261 e. The molecular formula is C7H14N2S. The first-order valence-corrected chi connectivity index (χ1v) is 4.47. The van der Waals surface area contributed by atoms with Crippen LogP contribution in [0.25, 0.3) is 0 Å². The average molecular weight is 158 g/mol. The van der Waals surface area contributed by atoms with E-state index in [2.05, 4.69) is 30.5 Å². The summed E-state index contributed by atoms with van der Waals surface area (Å²) in [5, 5.41) is 0.823. The fourth-order valence-electron chi connectivity index (χ4n) is 0.478. The van der Waals surface area contributed by atoms with Crippen LogP contribution in [0.2, 0.25) is 0 Å². The smallest absolute Gasteiger partial charge is 0.182 e. The van der Waals surface area contributed by atoms with Crippen molar-refractivity contribution in [3.63, 3.8) is 0 Å². The molecule has 3 heteroatoms. The monoisotopic (exact) mass is 158 g/mol.